The zero-order chi connectivity index (χ0) is 67.4. The number of hydrogen-bond donors (Lipinski definition) is 2. The molecule has 1 amide bonds. The van der Waals surface area contributed by atoms with Crippen LogP contribution in [0.1, 0.15) is 57.8 Å². The second-order valence-corrected chi connectivity index (χ2v) is 22.5. The standard InChI is InChI=1S/C14H16N2.C13H13N3O.C13H12N2O.C12H13N3.C12H9N3.C12H12N2S/c1-11-5-4-6-12(9-11)13-7-8-14(15-10-13)16(2)3;1-9-4-3-5-11(6-9)12-7-14-13(15-8-12)16-10(2)17;1-9-4-3-5-11(6-9)12-7-14-13(10(2)16)15-8-12;2*1-9-4-3-5-10(6-9)11-7-14-12(13-2)15-8-11;1-9-4-3-5-10(6-9)11-7-13-12(15-2)14-8-11/h4-10H,1-3H3;3-8H,1-2H3,(H,14,15,16,17);3-8H,1-2H3;3-8H,1-2H3,(H,13,14,15);3-8H,1H3;3-8H,1-2H3. The summed E-state index contributed by atoms with van der Waals surface area (Å²) < 4.78 is 0. The molecule has 18 heteroatoms. The van der Waals surface area contributed by atoms with E-state index in [0.717, 1.165) is 66.6 Å². The Labute approximate surface area is 555 Å². The number of benzene rings is 6. The summed E-state index contributed by atoms with van der Waals surface area (Å²) in [6.45, 7) is 22.0. The molecule has 472 valence electrons. The summed E-state index contributed by atoms with van der Waals surface area (Å²) in [5.74, 6) is 2.11. The molecule has 0 saturated carbocycles. The van der Waals surface area contributed by atoms with Gasteiger partial charge in [-0.15, -0.1) is 6.57 Å². The van der Waals surface area contributed by atoms with Gasteiger partial charge in [0, 0.05) is 124 Å². The molecule has 17 nitrogen and oxygen atoms in total. The molecule has 0 aliphatic rings. The van der Waals surface area contributed by atoms with Crippen molar-refractivity contribution in [3.05, 3.63) is 277 Å². The number of pyridine rings is 1. The van der Waals surface area contributed by atoms with E-state index in [0.29, 0.717) is 11.9 Å². The number of hydrogen-bond acceptors (Lipinski definition) is 16. The molecule has 0 aliphatic heterocycles. The van der Waals surface area contributed by atoms with Crippen LogP contribution in [0.5, 0.6) is 0 Å². The van der Waals surface area contributed by atoms with E-state index in [1.807, 2.05) is 157 Å². The van der Waals surface area contributed by atoms with Crippen LogP contribution in [0.25, 0.3) is 71.6 Å². The van der Waals surface area contributed by atoms with Crippen LogP contribution in [0, 0.1) is 48.1 Å². The number of nitrogens with one attached hydrogen (secondary N) is 2. The lowest BCUT2D eigenvalue weighted by atomic mass is 10.1. The Bertz CT molecular complexity index is 4320. The maximum Gasteiger partial charge on any atom is 0.371 e. The van der Waals surface area contributed by atoms with Crippen molar-refractivity contribution in [1.29, 1.82) is 0 Å². The third-order valence-corrected chi connectivity index (χ3v) is 14.2. The molecule has 2 N–H and O–H groups in total. The lowest BCUT2D eigenvalue weighted by molar-refractivity contribution is -0.114. The quantitative estimate of drug-likeness (QED) is 0.0534. The number of thioether (sulfide) groups is 1. The van der Waals surface area contributed by atoms with Crippen molar-refractivity contribution in [2.24, 2.45) is 0 Å². The van der Waals surface area contributed by atoms with E-state index >= 15 is 0 Å². The van der Waals surface area contributed by atoms with E-state index in [1.165, 1.54) is 58.4 Å². The van der Waals surface area contributed by atoms with Crippen LogP contribution in [-0.4, -0.2) is 93.9 Å². The minimum atomic E-state index is -0.173. The van der Waals surface area contributed by atoms with E-state index in [9.17, 15) is 9.59 Å². The highest BCUT2D eigenvalue weighted by atomic mass is 32.2. The molecule has 0 bridgehead atoms. The molecule has 6 aromatic carbocycles. The fourth-order valence-electron chi connectivity index (χ4n) is 8.83. The van der Waals surface area contributed by atoms with Crippen molar-refractivity contribution in [3.8, 4) is 66.8 Å². The number of amides is 1. The van der Waals surface area contributed by atoms with Gasteiger partial charge in [-0.3, -0.25) is 14.9 Å². The maximum absolute atomic E-state index is 11.0. The van der Waals surface area contributed by atoms with Crippen molar-refractivity contribution < 1.29 is 9.59 Å². The molecule has 6 aromatic heterocycles. The van der Waals surface area contributed by atoms with E-state index in [4.69, 9.17) is 6.57 Å². The van der Waals surface area contributed by atoms with E-state index < -0.39 is 0 Å². The molecular formula is C76H75N15O2S. The number of carbonyl (C=O) groups excluding carboxylic acids is 2. The number of carbonyl (C=O) groups is 2. The second-order valence-electron chi connectivity index (χ2n) is 21.7. The smallest absolute Gasteiger partial charge is 0.371 e. The minimum Gasteiger partial charge on any atom is -0.394 e. The molecular weight excluding hydrogens is 1190 g/mol. The van der Waals surface area contributed by atoms with Gasteiger partial charge in [0.05, 0.1) is 12.4 Å². The van der Waals surface area contributed by atoms with Gasteiger partial charge in [0.1, 0.15) is 5.82 Å². The first-order chi connectivity index (χ1) is 45.4. The number of nitrogens with zero attached hydrogens (tertiary/aromatic N) is 13. The summed E-state index contributed by atoms with van der Waals surface area (Å²) in [4.78, 5) is 72.4. The monoisotopic (exact) mass is 1260 g/mol. The molecule has 12 aromatic rings. The molecule has 0 unspecified atom stereocenters. The van der Waals surface area contributed by atoms with Gasteiger partial charge in [-0.05, 0) is 93.3 Å². The number of ketones is 1. The van der Waals surface area contributed by atoms with Crippen LogP contribution in [0.4, 0.5) is 23.7 Å². The Hall–Kier alpha value is -11.6. The Balaban J connectivity index is 0.000000160. The van der Waals surface area contributed by atoms with Crippen LogP contribution >= 0.6 is 11.8 Å². The van der Waals surface area contributed by atoms with Crippen LogP contribution in [0.3, 0.4) is 0 Å². The molecule has 12 rings (SSSR count). The number of anilines is 3. The Morgan fingerprint density at radius 1 is 0.394 bits per heavy atom. The van der Waals surface area contributed by atoms with Gasteiger partial charge in [-0.25, -0.2) is 44.9 Å². The van der Waals surface area contributed by atoms with Gasteiger partial charge in [-0.1, -0.05) is 191 Å². The van der Waals surface area contributed by atoms with Gasteiger partial charge in [0.2, 0.25) is 17.8 Å². The summed E-state index contributed by atoms with van der Waals surface area (Å²) in [5.41, 5.74) is 20.1. The highest BCUT2D eigenvalue weighted by Crippen LogP contribution is 2.25. The van der Waals surface area contributed by atoms with Crippen molar-refractivity contribution in [2.75, 3.05) is 42.9 Å². The molecule has 0 radical (unpaired) electrons. The third kappa shape index (κ3) is 22.4. The summed E-state index contributed by atoms with van der Waals surface area (Å²) in [5, 5.41) is 6.24. The molecule has 0 saturated heterocycles. The van der Waals surface area contributed by atoms with E-state index in [2.05, 4.69) is 176 Å². The van der Waals surface area contributed by atoms with Crippen LogP contribution < -0.4 is 15.5 Å². The fraction of sp³-hybridized carbons (Fsp3) is 0.158. The van der Waals surface area contributed by atoms with Gasteiger partial charge in [0.25, 0.3) is 0 Å². The average Bonchev–Trinajstić information content (AvgIpc) is 1.42. The first-order valence-electron chi connectivity index (χ1n) is 29.9. The number of Topliss-reactive ketones (excluding diaryl/α,β-unsaturated/α-hetero) is 1. The minimum absolute atomic E-state index is 0.115. The third-order valence-electron chi connectivity index (χ3n) is 13.6. The molecule has 94 heavy (non-hydrogen) atoms. The van der Waals surface area contributed by atoms with Crippen LogP contribution in [0.2, 0.25) is 0 Å². The zero-order valence-electron chi connectivity index (χ0n) is 54.9. The molecule has 0 spiro atoms. The van der Waals surface area contributed by atoms with Crippen molar-refractivity contribution in [2.45, 2.75) is 60.5 Å². The Morgan fingerprint density at radius 3 is 0.979 bits per heavy atom. The van der Waals surface area contributed by atoms with Gasteiger partial charge in [-0.2, -0.15) is 9.97 Å². The van der Waals surface area contributed by atoms with Crippen LogP contribution in [0.15, 0.2) is 231 Å². The van der Waals surface area contributed by atoms with Gasteiger partial charge in [0.15, 0.2) is 16.8 Å². The topological polar surface area (TPSA) is 208 Å². The molecule has 0 aliphatic carbocycles. The largest absolute Gasteiger partial charge is 0.394 e. The summed E-state index contributed by atoms with van der Waals surface area (Å²) in [7, 11) is 5.80. The van der Waals surface area contributed by atoms with Gasteiger partial charge < -0.3 is 15.1 Å². The first kappa shape index (κ1) is 69.9. The molecule has 6 heterocycles. The normalized spacial score (nSPS) is 10.0. The molecule has 0 atom stereocenters. The Morgan fingerprint density at radius 2 is 0.702 bits per heavy atom. The fourth-order valence-corrected chi connectivity index (χ4v) is 9.15. The predicted octanol–water partition coefficient (Wildman–Crippen LogP) is 16.9. The first-order valence-corrected chi connectivity index (χ1v) is 31.1. The highest BCUT2D eigenvalue weighted by molar-refractivity contribution is 7.98. The van der Waals surface area contributed by atoms with Crippen molar-refractivity contribution >= 4 is 47.1 Å². The average molecular weight is 1260 g/mol. The second kappa shape index (κ2) is 35.7. The zero-order valence-corrected chi connectivity index (χ0v) is 55.7. The number of aryl methyl sites for hydroxylation is 6. The summed E-state index contributed by atoms with van der Waals surface area (Å²) >= 11 is 1.55. The van der Waals surface area contributed by atoms with Crippen molar-refractivity contribution in [3.63, 3.8) is 0 Å². The Kier molecular flexibility index (Phi) is 26.6. The predicted molar refractivity (Wildman–Crippen MR) is 382 cm³/mol. The SMILES string of the molecule is CC(=O)Nc1ncc(-c2cccc(C)c2)cn1.CC(=O)c1ncc(-c2cccc(C)c2)cn1.CNc1ncc(-c2cccc(C)c2)cn1.CSc1ncc(-c2cccc(C)c2)cn1.Cc1cccc(-c2ccc(N(C)C)nc2)c1.[C-]#[N+]c1ncc(-c2cccc(C)c2)cn1. The summed E-state index contributed by atoms with van der Waals surface area (Å²) in [6.07, 6.45) is 21.4. The maximum atomic E-state index is 11.0. The number of aromatic nitrogens is 11. The summed E-state index contributed by atoms with van der Waals surface area (Å²) in [6, 6.07) is 53.5. The highest BCUT2D eigenvalue weighted by Gasteiger charge is 2.08. The lowest BCUT2D eigenvalue weighted by Gasteiger charge is -2.11. The lowest BCUT2D eigenvalue weighted by Crippen LogP contribution is -2.09. The van der Waals surface area contributed by atoms with Crippen LogP contribution in [-0.2, 0) is 4.79 Å². The van der Waals surface area contributed by atoms with Gasteiger partial charge >= 0.3 is 5.95 Å². The molecule has 0 fully saturated rings. The van der Waals surface area contributed by atoms with E-state index in [-0.39, 0.29) is 23.5 Å². The number of rotatable bonds is 11. The van der Waals surface area contributed by atoms with Crippen molar-refractivity contribution in [1.82, 2.24) is 54.8 Å². The van der Waals surface area contributed by atoms with E-state index in [1.54, 1.807) is 48.9 Å².